The van der Waals surface area contributed by atoms with Crippen molar-refractivity contribution in [2.24, 2.45) is 46.2 Å². The molecular weight excluding hydrogens is 2000 g/mol. The maximum Gasteiger partial charge on any atom is 0.245 e. The highest BCUT2D eigenvalue weighted by Crippen LogP contribution is 2.28. The molecule has 4 aliphatic rings. The Balaban J connectivity index is 1.88. The summed E-state index contributed by atoms with van der Waals surface area (Å²) < 4.78 is 0. The number of aliphatic hydroxyl groups excluding tert-OH is 1. The molecule has 1 aromatic carbocycles. The van der Waals surface area contributed by atoms with Crippen LogP contribution in [0.1, 0.15) is 130 Å². The quantitative estimate of drug-likeness (QED) is 0.0142. The summed E-state index contributed by atoms with van der Waals surface area (Å²) >= 11 is 0. The van der Waals surface area contributed by atoms with Crippen LogP contribution in [0.25, 0.3) is 0 Å². The summed E-state index contributed by atoms with van der Waals surface area (Å²) in [6.45, 7) is 5.52. The zero-order chi connectivity index (χ0) is 107. The number of carbonyl (C=O) groups is 18. The molecule has 6 bridgehead atoms. The summed E-state index contributed by atoms with van der Waals surface area (Å²) in [5.41, 5.74) is 34.2. The lowest BCUT2D eigenvalue weighted by Gasteiger charge is -2.30. The zero-order valence-corrected chi connectivity index (χ0v) is 85.5. The van der Waals surface area contributed by atoms with Gasteiger partial charge < -0.3 is 167 Å². The van der Waals surface area contributed by atoms with Gasteiger partial charge in [-0.2, -0.15) is 0 Å². The molecule has 0 aromatic heterocycles. The third kappa shape index (κ3) is 46.4. The number of hydrogen-bond acceptors (Lipinski definition) is 31. The van der Waals surface area contributed by atoms with E-state index in [9.17, 15) is 33.9 Å². The molecule has 61 heteroatoms. The molecule has 0 radical (unpaired) electrons. The summed E-state index contributed by atoms with van der Waals surface area (Å²) in [6.07, 6.45) is -4.06. The Labute approximate surface area is 855 Å². The third-order valence-corrected chi connectivity index (χ3v) is 29.4. The summed E-state index contributed by atoms with van der Waals surface area (Å²) in [5.74, 6) is -26.7. The largest absolute Gasteiger partial charge is 0.391 e. The van der Waals surface area contributed by atoms with Crippen molar-refractivity contribution in [1.82, 2.24) is 128 Å². The van der Waals surface area contributed by atoms with Crippen molar-refractivity contribution < 1.29 is 91.4 Å². The second kappa shape index (κ2) is 64.9. The Morgan fingerprint density at radius 2 is 0.549 bits per heavy atom. The normalized spacial score (nSPS) is 25.5. The number of fused-ring (bicyclic) bond motifs is 15. The van der Waals surface area contributed by atoms with Crippen LogP contribution in [0.5, 0.6) is 0 Å². The Hall–Kier alpha value is -12.6. The Morgan fingerprint density at radius 3 is 0.847 bits per heavy atom. The molecule has 0 spiro atoms. The molecular formula is C83H140N36O19S6. The molecule has 4 fully saturated rings. The Bertz CT molecular complexity index is 4620. The van der Waals surface area contributed by atoms with Crippen molar-refractivity contribution in [2.75, 3.05) is 86.9 Å². The smallest absolute Gasteiger partial charge is 0.245 e. The van der Waals surface area contributed by atoms with Gasteiger partial charge in [0.25, 0.3) is 0 Å². The van der Waals surface area contributed by atoms with Crippen LogP contribution < -0.4 is 162 Å². The van der Waals surface area contributed by atoms with Gasteiger partial charge in [0.15, 0.2) is 35.8 Å². The van der Waals surface area contributed by atoms with Crippen molar-refractivity contribution in [3.05, 3.63) is 35.9 Å². The van der Waals surface area contributed by atoms with Gasteiger partial charge in [0.1, 0.15) is 96.7 Å². The minimum atomic E-state index is -1.95. The zero-order valence-electron chi connectivity index (χ0n) is 80.6. The lowest BCUT2D eigenvalue weighted by Crippen LogP contribution is -2.63. The molecule has 144 heavy (non-hydrogen) atoms. The minimum Gasteiger partial charge on any atom is -0.391 e. The number of carbonyl (C=O) groups excluding carboxylic acids is 18. The summed E-state index contributed by atoms with van der Waals surface area (Å²) in [6, 6.07) is -19.3. The van der Waals surface area contributed by atoms with Crippen LogP contribution in [0, 0.1) is 44.3 Å². The fourth-order valence-electron chi connectivity index (χ4n) is 14.3. The predicted molar refractivity (Wildman–Crippen MR) is 547 cm³/mol. The van der Waals surface area contributed by atoms with Crippen molar-refractivity contribution in [3.63, 3.8) is 0 Å². The van der Waals surface area contributed by atoms with Crippen molar-refractivity contribution >= 4 is 207 Å². The fraction of sp³-hybridized carbons (Fsp3) is 0.639. The van der Waals surface area contributed by atoms with Gasteiger partial charge in [-0.15, -0.1) is 0 Å². The van der Waals surface area contributed by atoms with E-state index in [4.69, 9.17) is 66.9 Å². The minimum absolute atomic E-state index is 0.00482. The first kappa shape index (κ1) is 122. The highest BCUT2D eigenvalue weighted by Gasteiger charge is 2.42. The van der Waals surface area contributed by atoms with Gasteiger partial charge in [-0.25, -0.2) is 0 Å². The van der Waals surface area contributed by atoms with Crippen LogP contribution in [-0.2, 0) is 92.7 Å². The molecule has 18 atom stereocenters. The van der Waals surface area contributed by atoms with Gasteiger partial charge in [-0.1, -0.05) is 129 Å². The second-order valence-corrected chi connectivity index (χ2v) is 42.1. The molecule has 5 rings (SSSR count). The van der Waals surface area contributed by atoms with E-state index in [1.807, 2.05) is 0 Å². The van der Waals surface area contributed by atoms with Gasteiger partial charge in [-0.05, 0) is 108 Å². The number of nitrogens with two attached hydrogens (primary N) is 6. The number of hydrogen-bond donors (Lipinski definition) is 37. The fourth-order valence-corrected chi connectivity index (χ4v) is 21.3. The molecule has 4 heterocycles. The molecule has 55 nitrogen and oxygen atoms in total. The molecule has 802 valence electrons. The SMILES string of the molecule is CC[C@H](C)[C@@H]1NC(=O)[C@@H]2CSSC[C@H](NC(=O)[C@H](CCCNC(=N)N)NC(=O)[C@@H]3CSSC[C@H](NC1=O)C(=O)N[C@@H]([C@@H](C)O)C(=O)N[C@@H](CCCNC(=N)N)C(=O)NCC(=O)N[C@@H](Cc1ccccc1)C(=O)N3)C(=O)N[C@@H](CC(C)C)C(=O)N[C@H]1CSSC[C@H](NC(=O)[C@H](CCCNC(=N)N)NC(=O)CNC(=O)[C@H](CCCNC(=N)N)NC(=O)[C@H](CCCNC(=N)N)NC1=O)C(=O)N[C@@H](CCCNC(=N)N)C(=O)N2. The Morgan fingerprint density at radius 1 is 0.312 bits per heavy atom. The van der Waals surface area contributed by atoms with E-state index in [1.165, 1.54) is 0 Å². The third-order valence-electron chi connectivity index (χ3n) is 22.2. The molecule has 4 aliphatic heterocycles. The van der Waals surface area contributed by atoms with E-state index in [2.05, 4.69) is 128 Å². The first-order valence-corrected chi connectivity index (χ1v) is 54.1. The summed E-state index contributed by atoms with van der Waals surface area (Å²) in [7, 11) is 4.73. The topological polar surface area (TPSA) is 915 Å². The number of amides is 18. The number of rotatable bonds is 31. The molecule has 1 aromatic rings. The second-order valence-electron chi connectivity index (χ2n) is 34.4. The van der Waals surface area contributed by atoms with Crippen LogP contribution >= 0.6 is 64.8 Å². The van der Waals surface area contributed by atoms with Crippen molar-refractivity contribution in [2.45, 2.75) is 234 Å². The van der Waals surface area contributed by atoms with Crippen LogP contribution in [0.15, 0.2) is 30.3 Å². The molecule has 18 amide bonds. The van der Waals surface area contributed by atoms with Crippen LogP contribution in [0.4, 0.5) is 0 Å². The van der Waals surface area contributed by atoms with E-state index >= 15 is 57.5 Å². The maximum atomic E-state index is 15.7. The number of aliphatic hydroxyl groups is 1. The summed E-state index contributed by atoms with van der Waals surface area (Å²) in [4.78, 5) is 272. The molecule has 0 saturated carbocycles. The van der Waals surface area contributed by atoms with Crippen molar-refractivity contribution in [3.8, 4) is 0 Å². The predicted octanol–water partition coefficient (Wildman–Crippen LogP) is -10.5. The standard InChI is InChI=1S/C83H140N36O19S6/c1-6-41(4)60-76(137)117-57-39-144-141-36-54(116-69(130)51(31-43-16-8-7-9-17-43)105-59(122)33-103-63(124)45(19-11-25-97-79(86)87)110-77(138)61(42(5)120)119-75(57)136)72(133)109-48(22-14-28-100-82(92)93)66(127)113-55-37-142-143-38-56(74(135)118-60)114-67(128)49(23-15-29-101-83(94)95)108-70(131)52-34-139-140-35-53(115-68(129)50(30-40(2)3)111-73(55)134)71(132)107-47(21-13-27-99-81(90)91)65(126)106-44(18-10-24-96-78(84)85)62(123)102-32-58(121)104-46(64(125)112-52)20-12-26-98-80(88)89/h7-9,16-17,40-42,44-57,60-61,120H,6,10-15,18-39H2,1-5H3,(H,102,123)(H,103,124)(H,104,121)(H,105,122)(H,106,126)(H,107,132)(H,108,131)(H,109,133)(H,110,138)(H,111,134)(H,112,125)(H,113,127)(H,114,128)(H,115,129)(H,116,130)(H,117,137)(H,118,135)(H,119,136)(H4,84,85,96)(H4,86,87,97)(H4,88,89,98)(H4,90,91,99)(H4,92,93,100)(H4,94,95,101)/t41-,42+,44-,45-,46-,47-,48-,49-,50-,51-,52-,53-,54-,55-,56-,57-,60-,61-/m0/s1. The highest BCUT2D eigenvalue weighted by atomic mass is 33.1. The van der Waals surface area contributed by atoms with Crippen molar-refractivity contribution in [1.29, 1.82) is 32.5 Å². The highest BCUT2D eigenvalue weighted by molar-refractivity contribution is 8.77. The van der Waals surface area contributed by atoms with E-state index < -0.39 is 304 Å². The van der Waals surface area contributed by atoms with E-state index in [-0.39, 0.29) is 136 Å². The monoisotopic (exact) mass is 2140 g/mol. The molecule has 4 saturated heterocycles. The first-order valence-electron chi connectivity index (χ1n) is 46.6. The van der Waals surface area contributed by atoms with Crippen LogP contribution in [0.2, 0.25) is 0 Å². The summed E-state index contributed by atoms with van der Waals surface area (Å²) in [5, 5.41) is 121. The number of benzene rings is 1. The van der Waals surface area contributed by atoms with E-state index in [1.54, 1.807) is 58.0 Å². The average Bonchev–Trinajstić information content (AvgIpc) is 0.843. The van der Waals surface area contributed by atoms with Gasteiger partial charge in [-0.3, -0.25) is 119 Å². The van der Waals surface area contributed by atoms with Crippen LogP contribution in [0.3, 0.4) is 0 Å². The maximum absolute atomic E-state index is 15.7. The van der Waals surface area contributed by atoms with E-state index in [0.717, 1.165) is 71.7 Å². The van der Waals surface area contributed by atoms with E-state index in [0.29, 0.717) is 5.56 Å². The molecule has 0 aliphatic carbocycles. The number of guanidine groups is 6. The molecule has 43 N–H and O–H groups in total. The van der Waals surface area contributed by atoms with Gasteiger partial charge in [0, 0.05) is 80.2 Å². The Kier molecular flexibility index (Phi) is 54.9. The van der Waals surface area contributed by atoms with Gasteiger partial charge in [0.2, 0.25) is 106 Å². The lowest BCUT2D eigenvalue weighted by molar-refractivity contribution is -0.137. The first-order chi connectivity index (χ1) is 68.3. The lowest BCUT2D eigenvalue weighted by atomic mass is 9.97. The average molecular weight is 2140 g/mol. The van der Waals surface area contributed by atoms with Gasteiger partial charge in [0.05, 0.1) is 19.2 Å². The van der Waals surface area contributed by atoms with Crippen LogP contribution in [-0.4, -0.2) is 337 Å². The number of nitrogens with one attached hydrogen (secondary N) is 30. The van der Waals surface area contributed by atoms with Gasteiger partial charge >= 0.3 is 0 Å². The molecule has 0 unspecified atom stereocenters.